The van der Waals surface area contributed by atoms with Gasteiger partial charge in [0.25, 0.3) is 0 Å². The quantitative estimate of drug-likeness (QED) is 0.456. The molecule has 1 aromatic rings. The van der Waals surface area contributed by atoms with Gasteiger partial charge in [0.15, 0.2) is 0 Å². The van der Waals surface area contributed by atoms with E-state index in [4.69, 9.17) is 14.7 Å². The Bertz CT molecular complexity index is 747. The summed E-state index contributed by atoms with van der Waals surface area (Å²) in [6.45, 7) is 11.9. The average Bonchev–Trinajstić information content (AvgIpc) is 2.59. The Morgan fingerprint density at radius 1 is 1.00 bits per heavy atom. The molecule has 160 valence electrons. The standard InChI is InChI=1S/C21H31N3O5/c1-20(2,3)28-18(25)23-11-12-24(19(26)29-21(4,5)6)17(14-23)16-9-7-15(8-10-16)13-22-27/h7-10,13,17,27H,11-12,14H2,1-6H3/b22-13+. The number of piperazine rings is 1. The molecule has 0 spiro atoms. The fraction of sp³-hybridized carbons (Fsp3) is 0.571. The molecule has 1 saturated heterocycles. The third kappa shape index (κ3) is 6.66. The minimum Gasteiger partial charge on any atom is -0.444 e. The van der Waals surface area contributed by atoms with Gasteiger partial charge < -0.3 is 19.6 Å². The SMILES string of the molecule is CC(C)(C)OC(=O)N1CCN(C(=O)OC(C)(C)C)C(c2ccc(/C=N/O)cc2)C1. The number of rotatable bonds is 2. The number of carbonyl (C=O) groups excluding carboxylic acids is 2. The van der Waals surface area contributed by atoms with Crippen LogP contribution in [-0.2, 0) is 9.47 Å². The highest BCUT2D eigenvalue weighted by Crippen LogP contribution is 2.28. The molecule has 8 nitrogen and oxygen atoms in total. The van der Waals surface area contributed by atoms with Gasteiger partial charge in [0.1, 0.15) is 11.2 Å². The summed E-state index contributed by atoms with van der Waals surface area (Å²) in [5.41, 5.74) is 0.352. The molecule has 1 unspecified atom stereocenters. The summed E-state index contributed by atoms with van der Waals surface area (Å²) in [5, 5.41) is 11.7. The van der Waals surface area contributed by atoms with Crippen molar-refractivity contribution in [1.82, 2.24) is 9.80 Å². The highest BCUT2D eigenvalue weighted by Gasteiger charge is 2.37. The zero-order valence-corrected chi connectivity index (χ0v) is 18.0. The largest absolute Gasteiger partial charge is 0.444 e. The molecule has 1 aliphatic heterocycles. The number of oxime groups is 1. The number of benzene rings is 1. The first-order valence-corrected chi connectivity index (χ1v) is 9.64. The molecular weight excluding hydrogens is 374 g/mol. The summed E-state index contributed by atoms with van der Waals surface area (Å²) >= 11 is 0. The van der Waals surface area contributed by atoms with Crippen molar-refractivity contribution in [2.24, 2.45) is 5.16 Å². The van der Waals surface area contributed by atoms with Crippen LogP contribution in [0.15, 0.2) is 29.4 Å². The van der Waals surface area contributed by atoms with Crippen LogP contribution in [0.4, 0.5) is 9.59 Å². The van der Waals surface area contributed by atoms with Crippen LogP contribution < -0.4 is 0 Å². The van der Waals surface area contributed by atoms with Gasteiger partial charge in [-0.3, -0.25) is 4.90 Å². The Morgan fingerprint density at radius 2 is 1.55 bits per heavy atom. The fourth-order valence-corrected chi connectivity index (χ4v) is 2.97. The van der Waals surface area contributed by atoms with Gasteiger partial charge in [0.05, 0.1) is 12.3 Å². The zero-order chi connectivity index (χ0) is 21.8. The van der Waals surface area contributed by atoms with Crippen LogP contribution >= 0.6 is 0 Å². The van der Waals surface area contributed by atoms with E-state index in [-0.39, 0.29) is 6.04 Å². The van der Waals surface area contributed by atoms with Gasteiger partial charge in [-0.1, -0.05) is 29.4 Å². The van der Waals surface area contributed by atoms with E-state index in [1.54, 1.807) is 21.9 Å². The lowest BCUT2D eigenvalue weighted by Gasteiger charge is -2.42. The summed E-state index contributed by atoms with van der Waals surface area (Å²) in [6, 6.07) is 6.88. The monoisotopic (exact) mass is 405 g/mol. The molecule has 8 heteroatoms. The van der Waals surface area contributed by atoms with E-state index in [2.05, 4.69) is 5.16 Å². The minimum absolute atomic E-state index is 0.293. The molecule has 1 atom stereocenters. The van der Waals surface area contributed by atoms with Crippen molar-refractivity contribution in [3.05, 3.63) is 35.4 Å². The van der Waals surface area contributed by atoms with Crippen LogP contribution in [0, 0.1) is 0 Å². The average molecular weight is 405 g/mol. The number of amides is 2. The lowest BCUT2D eigenvalue weighted by molar-refractivity contribution is -0.0152. The van der Waals surface area contributed by atoms with Crippen LogP contribution in [0.5, 0.6) is 0 Å². The Morgan fingerprint density at radius 3 is 2.07 bits per heavy atom. The molecule has 0 saturated carbocycles. The number of ether oxygens (including phenoxy) is 2. The second-order valence-corrected chi connectivity index (χ2v) is 9.03. The van der Waals surface area contributed by atoms with Crippen molar-refractivity contribution in [2.45, 2.75) is 58.8 Å². The molecule has 0 radical (unpaired) electrons. The van der Waals surface area contributed by atoms with Crippen molar-refractivity contribution < 1.29 is 24.3 Å². The first-order chi connectivity index (χ1) is 13.4. The lowest BCUT2D eigenvalue weighted by atomic mass is 10.0. The molecule has 1 aliphatic rings. The maximum atomic E-state index is 12.8. The summed E-state index contributed by atoms with van der Waals surface area (Å²) in [5.74, 6) is 0. The molecule has 0 aromatic heterocycles. The Balaban J connectivity index is 2.27. The molecular formula is C21H31N3O5. The van der Waals surface area contributed by atoms with Crippen molar-refractivity contribution >= 4 is 18.4 Å². The van der Waals surface area contributed by atoms with E-state index in [1.807, 2.05) is 53.7 Å². The number of hydrogen-bond acceptors (Lipinski definition) is 6. The molecule has 2 rings (SSSR count). The van der Waals surface area contributed by atoms with Crippen LogP contribution in [0.2, 0.25) is 0 Å². The number of nitrogens with zero attached hydrogens (tertiary/aromatic N) is 3. The van der Waals surface area contributed by atoms with Crippen molar-refractivity contribution in [2.75, 3.05) is 19.6 Å². The van der Waals surface area contributed by atoms with Gasteiger partial charge in [0.2, 0.25) is 0 Å². The summed E-state index contributed by atoms with van der Waals surface area (Å²) in [7, 11) is 0. The summed E-state index contributed by atoms with van der Waals surface area (Å²) in [6.07, 6.45) is 0.492. The maximum Gasteiger partial charge on any atom is 0.410 e. The van der Waals surface area contributed by atoms with Crippen molar-refractivity contribution in [3.8, 4) is 0 Å². The Labute approximate surface area is 172 Å². The highest BCUT2D eigenvalue weighted by molar-refractivity contribution is 5.79. The van der Waals surface area contributed by atoms with E-state index in [1.165, 1.54) is 6.21 Å². The molecule has 1 heterocycles. The Kier molecular flexibility index (Phi) is 6.77. The molecule has 0 aliphatic carbocycles. The van der Waals surface area contributed by atoms with Gasteiger partial charge in [-0.25, -0.2) is 9.59 Å². The summed E-state index contributed by atoms with van der Waals surface area (Å²) < 4.78 is 11.1. The van der Waals surface area contributed by atoms with Crippen molar-refractivity contribution in [1.29, 1.82) is 0 Å². The van der Waals surface area contributed by atoms with Gasteiger partial charge in [-0.15, -0.1) is 0 Å². The predicted octanol–water partition coefficient (Wildman–Crippen LogP) is 4.02. The van der Waals surface area contributed by atoms with Gasteiger partial charge >= 0.3 is 12.2 Å². The van der Waals surface area contributed by atoms with Gasteiger partial charge in [0, 0.05) is 19.6 Å². The number of carbonyl (C=O) groups is 2. The Hall–Kier alpha value is -2.77. The summed E-state index contributed by atoms with van der Waals surface area (Å²) in [4.78, 5) is 28.6. The van der Waals surface area contributed by atoms with E-state index in [9.17, 15) is 9.59 Å². The number of hydrogen-bond donors (Lipinski definition) is 1. The zero-order valence-electron chi connectivity index (χ0n) is 18.0. The fourth-order valence-electron chi connectivity index (χ4n) is 2.97. The molecule has 29 heavy (non-hydrogen) atoms. The van der Waals surface area contributed by atoms with E-state index < -0.39 is 23.4 Å². The highest BCUT2D eigenvalue weighted by atomic mass is 16.6. The van der Waals surface area contributed by atoms with Crippen LogP contribution in [-0.4, -0.2) is 64.2 Å². The molecule has 1 N–H and O–H groups in total. The van der Waals surface area contributed by atoms with E-state index in [0.29, 0.717) is 19.6 Å². The first kappa shape index (κ1) is 22.5. The molecule has 0 bridgehead atoms. The maximum absolute atomic E-state index is 12.8. The molecule has 1 aromatic carbocycles. The smallest absolute Gasteiger partial charge is 0.410 e. The lowest BCUT2D eigenvalue weighted by Crippen LogP contribution is -2.54. The third-order valence-electron chi connectivity index (χ3n) is 4.19. The van der Waals surface area contributed by atoms with Crippen LogP contribution in [0.3, 0.4) is 0 Å². The van der Waals surface area contributed by atoms with E-state index in [0.717, 1.165) is 11.1 Å². The van der Waals surface area contributed by atoms with Gasteiger partial charge in [-0.2, -0.15) is 0 Å². The second-order valence-electron chi connectivity index (χ2n) is 9.03. The van der Waals surface area contributed by atoms with Crippen LogP contribution in [0.25, 0.3) is 0 Å². The normalized spacial score (nSPS) is 18.1. The molecule has 1 fully saturated rings. The van der Waals surface area contributed by atoms with Gasteiger partial charge in [-0.05, 0) is 52.7 Å². The second kappa shape index (κ2) is 8.71. The third-order valence-corrected chi connectivity index (χ3v) is 4.19. The van der Waals surface area contributed by atoms with Crippen LogP contribution in [0.1, 0.15) is 58.7 Å². The topological polar surface area (TPSA) is 91.7 Å². The first-order valence-electron chi connectivity index (χ1n) is 9.64. The van der Waals surface area contributed by atoms with E-state index >= 15 is 0 Å². The molecule has 2 amide bonds. The minimum atomic E-state index is -0.620. The van der Waals surface area contributed by atoms with Crippen molar-refractivity contribution in [3.63, 3.8) is 0 Å². The predicted molar refractivity (Wildman–Crippen MR) is 109 cm³/mol.